The molecule has 9 nitrogen and oxygen atoms in total. The molecule has 3 rings (SSSR count). The zero-order chi connectivity index (χ0) is 17.5. The van der Waals surface area contributed by atoms with Gasteiger partial charge in [-0.25, -0.2) is 10.0 Å². The Morgan fingerprint density at radius 1 is 0.720 bits per heavy atom. The first-order chi connectivity index (χ1) is 12.2. The van der Waals surface area contributed by atoms with Gasteiger partial charge in [-0.2, -0.15) is 10.2 Å². The summed E-state index contributed by atoms with van der Waals surface area (Å²) in [7, 11) is 3.77. The number of hydrogen-bond donors (Lipinski definition) is 0. The predicted molar refractivity (Wildman–Crippen MR) is 103 cm³/mol. The molecular weight excluding hydrogens is 364 g/mol. The summed E-state index contributed by atoms with van der Waals surface area (Å²) in [5.74, 6) is 0. The van der Waals surface area contributed by atoms with Crippen molar-refractivity contribution in [3.8, 4) is 0 Å². The van der Waals surface area contributed by atoms with Crippen molar-refractivity contribution in [1.82, 2.24) is 10.0 Å². The summed E-state index contributed by atoms with van der Waals surface area (Å²) in [4.78, 5) is 9.01. The minimum Gasteiger partial charge on any atom is -0.377 e. The number of rotatable bonds is 0. The van der Waals surface area contributed by atoms with Crippen LogP contribution in [0.4, 0.5) is 0 Å². The largest absolute Gasteiger partial charge is 0.377 e. The van der Waals surface area contributed by atoms with Gasteiger partial charge in [-0.1, -0.05) is 0 Å². The highest BCUT2D eigenvalue weighted by atomic mass is 32.2. The van der Waals surface area contributed by atoms with E-state index in [-0.39, 0.29) is 0 Å². The van der Waals surface area contributed by atoms with Gasteiger partial charge < -0.3 is 14.2 Å². The van der Waals surface area contributed by atoms with Crippen LogP contribution in [0, 0.1) is 0 Å². The number of hydrogen-bond acceptors (Lipinski definition) is 11. The number of hydrazone groups is 2. The van der Waals surface area contributed by atoms with E-state index < -0.39 is 0 Å². The second-order valence-electron chi connectivity index (χ2n) is 5.28. The molecule has 0 saturated carbocycles. The van der Waals surface area contributed by atoms with Crippen LogP contribution >= 0.6 is 23.5 Å². The normalized spacial score (nSPS) is 23.9. The summed E-state index contributed by atoms with van der Waals surface area (Å²) in [6, 6.07) is 0. The molecular formula is C14H22N6O3S2. The van der Waals surface area contributed by atoms with Gasteiger partial charge in [0.05, 0.1) is 52.7 Å². The number of amidine groups is 2. The van der Waals surface area contributed by atoms with E-state index in [2.05, 4.69) is 20.2 Å². The lowest BCUT2D eigenvalue weighted by atomic mass is 10.6. The first-order valence-electron chi connectivity index (χ1n) is 8.02. The maximum atomic E-state index is 5.74. The molecule has 0 aliphatic carbocycles. The molecule has 0 aromatic rings. The maximum absolute atomic E-state index is 5.74. The van der Waals surface area contributed by atoms with Crippen molar-refractivity contribution < 1.29 is 14.2 Å². The van der Waals surface area contributed by atoms with Crippen LogP contribution in [0.3, 0.4) is 0 Å². The topological polar surface area (TPSA) is 83.6 Å². The van der Waals surface area contributed by atoms with E-state index in [4.69, 9.17) is 14.2 Å². The van der Waals surface area contributed by atoms with E-state index in [0.717, 1.165) is 20.4 Å². The minimum atomic E-state index is 0.439. The van der Waals surface area contributed by atoms with Crippen LogP contribution < -0.4 is 0 Å². The van der Waals surface area contributed by atoms with E-state index in [0.29, 0.717) is 52.7 Å². The van der Waals surface area contributed by atoms with Gasteiger partial charge in [0.15, 0.2) is 10.3 Å². The fourth-order valence-electron chi connectivity index (χ4n) is 2.15. The summed E-state index contributed by atoms with van der Waals surface area (Å²) >= 11 is 3.05. The molecule has 3 heterocycles. The lowest BCUT2D eigenvalue weighted by molar-refractivity contribution is 0.0540. The van der Waals surface area contributed by atoms with Crippen molar-refractivity contribution in [2.75, 3.05) is 66.8 Å². The van der Waals surface area contributed by atoms with Crippen LogP contribution in [-0.4, -0.2) is 97.3 Å². The quantitative estimate of drug-likeness (QED) is 0.607. The fraction of sp³-hybridized carbons (Fsp3) is 0.714. The monoisotopic (exact) mass is 386 g/mol. The highest BCUT2D eigenvalue weighted by molar-refractivity contribution is 8.27. The number of nitrogens with zero attached hydrogens (tertiary/aromatic N) is 6. The molecule has 0 saturated heterocycles. The number of fused-ring (bicyclic) bond motifs is 4. The van der Waals surface area contributed by atoms with E-state index >= 15 is 0 Å². The predicted octanol–water partition coefficient (Wildman–Crippen LogP) is 0.746. The first-order valence-corrected chi connectivity index (χ1v) is 9.66. The van der Waals surface area contributed by atoms with Crippen LogP contribution in [0.15, 0.2) is 20.2 Å². The first kappa shape index (κ1) is 18.6. The molecule has 3 aliphatic heterocycles. The van der Waals surface area contributed by atoms with Gasteiger partial charge in [0.1, 0.15) is 10.1 Å². The molecule has 0 atom stereocenters. The molecule has 0 radical (unpaired) electrons. The third kappa shape index (κ3) is 5.68. The Balaban J connectivity index is 1.58. The molecule has 0 aromatic heterocycles. The van der Waals surface area contributed by atoms with Gasteiger partial charge >= 0.3 is 0 Å². The Morgan fingerprint density at radius 3 is 1.68 bits per heavy atom. The van der Waals surface area contributed by atoms with Gasteiger partial charge in [0, 0.05) is 14.1 Å². The van der Waals surface area contributed by atoms with E-state index in [1.807, 2.05) is 14.1 Å². The molecule has 0 amide bonds. The summed E-state index contributed by atoms with van der Waals surface area (Å²) in [6.07, 6.45) is 0. The van der Waals surface area contributed by atoms with Crippen molar-refractivity contribution in [2.45, 2.75) is 0 Å². The lowest BCUT2D eigenvalue weighted by Gasteiger charge is -2.07. The average Bonchev–Trinajstić information content (AvgIpc) is 3.11. The van der Waals surface area contributed by atoms with E-state index in [1.54, 1.807) is 10.0 Å². The molecule has 0 unspecified atom stereocenters. The molecule has 0 aromatic carbocycles. The number of ether oxygens (including phenoxy) is 3. The summed E-state index contributed by atoms with van der Waals surface area (Å²) in [5.41, 5.74) is 0. The minimum absolute atomic E-state index is 0.439. The summed E-state index contributed by atoms with van der Waals surface area (Å²) in [5, 5.41) is 15.9. The van der Waals surface area contributed by atoms with E-state index in [9.17, 15) is 0 Å². The van der Waals surface area contributed by atoms with Crippen molar-refractivity contribution in [2.24, 2.45) is 20.2 Å². The molecule has 3 aliphatic rings. The second-order valence-corrected chi connectivity index (χ2v) is 7.37. The Labute approximate surface area is 155 Å². The SMILES string of the molecule is CN1N=C2COCC3=NN(C)C(=NCCOCCOCCN=C1S2)S3. The second kappa shape index (κ2) is 9.53. The van der Waals surface area contributed by atoms with Crippen molar-refractivity contribution in [3.05, 3.63) is 0 Å². The highest BCUT2D eigenvalue weighted by Crippen LogP contribution is 2.21. The van der Waals surface area contributed by atoms with Crippen LogP contribution in [0.5, 0.6) is 0 Å². The van der Waals surface area contributed by atoms with Gasteiger partial charge in [0.25, 0.3) is 0 Å². The molecule has 4 bridgehead atoms. The third-order valence-corrected chi connectivity index (χ3v) is 5.31. The zero-order valence-electron chi connectivity index (χ0n) is 14.4. The maximum Gasteiger partial charge on any atom is 0.185 e. The average molecular weight is 387 g/mol. The van der Waals surface area contributed by atoms with E-state index in [1.165, 1.54) is 23.5 Å². The van der Waals surface area contributed by atoms with Gasteiger partial charge in [0.2, 0.25) is 0 Å². The Kier molecular flexibility index (Phi) is 7.11. The van der Waals surface area contributed by atoms with Crippen LogP contribution in [0.1, 0.15) is 0 Å². The molecule has 25 heavy (non-hydrogen) atoms. The number of thioether (sulfide) groups is 2. The van der Waals surface area contributed by atoms with Gasteiger partial charge in [-0.3, -0.25) is 9.98 Å². The summed E-state index contributed by atoms with van der Waals surface area (Å²) in [6.45, 7) is 4.33. The van der Waals surface area contributed by atoms with Gasteiger partial charge in [-0.05, 0) is 23.5 Å². The third-order valence-electron chi connectivity index (χ3n) is 3.28. The summed E-state index contributed by atoms with van der Waals surface area (Å²) < 4.78 is 16.8. The molecule has 0 fully saturated rings. The molecule has 0 N–H and O–H groups in total. The van der Waals surface area contributed by atoms with Gasteiger partial charge in [-0.15, -0.1) is 0 Å². The Morgan fingerprint density at radius 2 is 1.20 bits per heavy atom. The fourth-order valence-corrected chi connectivity index (χ4v) is 3.84. The molecule has 0 spiro atoms. The van der Waals surface area contributed by atoms with Crippen molar-refractivity contribution in [3.63, 3.8) is 0 Å². The van der Waals surface area contributed by atoms with Crippen LogP contribution in [-0.2, 0) is 14.2 Å². The smallest absolute Gasteiger partial charge is 0.185 e. The van der Waals surface area contributed by atoms with Crippen molar-refractivity contribution in [1.29, 1.82) is 0 Å². The molecule has 138 valence electrons. The van der Waals surface area contributed by atoms with Crippen LogP contribution in [0.25, 0.3) is 0 Å². The van der Waals surface area contributed by atoms with Crippen molar-refractivity contribution >= 4 is 43.9 Å². The Bertz CT molecular complexity index is 545. The Hall–Kier alpha value is -1.14. The van der Waals surface area contributed by atoms with Crippen LogP contribution in [0.2, 0.25) is 0 Å². The number of aliphatic imine (C=N–C) groups is 2. The standard InChI is InChI=1S/C14H22N6O3S2/c1-19-13-15-3-5-21-7-8-22-6-4-16-14-20(2)18-12(25-14)10-23-9-11(17-19)24-13/h3-10H2,1-2H3. The zero-order valence-corrected chi connectivity index (χ0v) is 16.0. The highest BCUT2D eigenvalue weighted by Gasteiger charge is 2.22. The molecule has 11 heteroatoms. The lowest BCUT2D eigenvalue weighted by Crippen LogP contribution is -2.15.